The zero-order chi connectivity index (χ0) is 19.8. The molecule has 3 rings (SSSR count). The third-order valence-corrected chi connectivity index (χ3v) is 6.90. The summed E-state index contributed by atoms with van der Waals surface area (Å²) >= 11 is 0. The van der Waals surface area contributed by atoms with Gasteiger partial charge in [-0.15, -0.1) is 0 Å². The molecule has 1 atom stereocenters. The number of aromatic nitrogens is 2. The molecule has 1 fully saturated rings. The minimum absolute atomic E-state index is 0.00370. The Morgan fingerprint density at radius 3 is 2.67 bits per heavy atom. The second-order valence-electron chi connectivity index (χ2n) is 7.17. The molecule has 146 valence electrons. The number of halogens is 1. The first-order chi connectivity index (χ1) is 12.7. The van der Waals surface area contributed by atoms with E-state index in [0.717, 1.165) is 17.0 Å². The third kappa shape index (κ3) is 4.21. The van der Waals surface area contributed by atoms with Crippen molar-refractivity contribution >= 4 is 15.7 Å². The second-order valence-corrected chi connectivity index (χ2v) is 9.40. The van der Waals surface area contributed by atoms with Crippen molar-refractivity contribution in [2.75, 3.05) is 18.6 Å². The van der Waals surface area contributed by atoms with E-state index in [-0.39, 0.29) is 35.7 Å². The molecule has 1 aliphatic heterocycles. The predicted octanol–water partition coefficient (Wildman–Crippen LogP) is 2.20. The van der Waals surface area contributed by atoms with Gasteiger partial charge in [0.2, 0.25) is 5.91 Å². The van der Waals surface area contributed by atoms with Crippen molar-refractivity contribution in [3.05, 3.63) is 52.6 Å². The average molecular weight is 393 g/mol. The Labute approximate surface area is 158 Å². The molecule has 1 aromatic heterocycles. The highest BCUT2D eigenvalue weighted by Gasteiger charge is 2.31. The van der Waals surface area contributed by atoms with Crippen molar-refractivity contribution in [2.24, 2.45) is 0 Å². The Hall–Kier alpha value is -2.22. The number of hydrogen-bond acceptors (Lipinski definition) is 4. The highest BCUT2D eigenvalue weighted by molar-refractivity contribution is 7.91. The van der Waals surface area contributed by atoms with Crippen LogP contribution in [0.4, 0.5) is 4.39 Å². The molecule has 1 aromatic carbocycles. The van der Waals surface area contributed by atoms with E-state index in [4.69, 9.17) is 0 Å². The molecular weight excluding hydrogens is 369 g/mol. The Morgan fingerprint density at radius 1 is 1.33 bits per heavy atom. The van der Waals surface area contributed by atoms with Crippen molar-refractivity contribution in [1.29, 1.82) is 0 Å². The van der Waals surface area contributed by atoms with Crippen LogP contribution in [0.3, 0.4) is 0 Å². The van der Waals surface area contributed by atoms with E-state index in [1.807, 2.05) is 13.8 Å². The van der Waals surface area contributed by atoms with Crippen LogP contribution in [0.15, 0.2) is 24.3 Å². The molecule has 6 nitrogen and oxygen atoms in total. The number of carbonyl (C=O) groups is 1. The van der Waals surface area contributed by atoms with Crippen LogP contribution in [0.5, 0.6) is 0 Å². The highest BCUT2D eigenvalue weighted by Crippen LogP contribution is 2.27. The number of hydrogen-bond donors (Lipinski definition) is 0. The molecule has 27 heavy (non-hydrogen) atoms. The maximum Gasteiger partial charge on any atom is 0.227 e. The first-order valence-corrected chi connectivity index (χ1v) is 10.7. The monoisotopic (exact) mass is 393 g/mol. The fraction of sp³-hybridized carbons (Fsp3) is 0.474. The Balaban J connectivity index is 1.73. The van der Waals surface area contributed by atoms with Gasteiger partial charge in [0.15, 0.2) is 9.84 Å². The molecule has 0 N–H and O–H groups in total. The van der Waals surface area contributed by atoms with E-state index in [1.54, 1.807) is 34.8 Å². The molecule has 1 amide bonds. The van der Waals surface area contributed by atoms with Gasteiger partial charge in [0.25, 0.3) is 0 Å². The standard InChI is InChI=1S/C19H24FN3O3S/c1-13-17(14(2)23(21-13)16-8-9-27(25,26)12-16)11-22(3)19(24)10-15-6-4-5-7-18(15)20/h4-7,16H,8-12H2,1-3H3/t16-/m1/s1. The number of likely N-dealkylation sites (N-methyl/N-ethyl adjacent to an activating group) is 1. The lowest BCUT2D eigenvalue weighted by molar-refractivity contribution is -0.129. The summed E-state index contributed by atoms with van der Waals surface area (Å²) < 4.78 is 39.1. The van der Waals surface area contributed by atoms with Crippen LogP contribution in [0.25, 0.3) is 0 Å². The number of nitrogens with zero attached hydrogens (tertiary/aromatic N) is 3. The zero-order valence-corrected chi connectivity index (χ0v) is 16.6. The number of benzene rings is 1. The van der Waals surface area contributed by atoms with Crippen LogP contribution in [-0.2, 0) is 27.6 Å². The molecular formula is C19H24FN3O3S. The van der Waals surface area contributed by atoms with Gasteiger partial charge in [0.1, 0.15) is 5.82 Å². The van der Waals surface area contributed by atoms with Gasteiger partial charge in [-0.05, 0) is 31.9 Å². The summed E-state index contributed by atoms with van der Waals surface area (Å²) in [7, 11) is -1.32. The van der Waals surface area contributed by atoms with E-state index >= 15 is 0 Å². The molecule has 2 aromatic rings. The molecule has 8 heteroatoms. The van der Waals surface area contributed by atoms with E-state index in [9.17, 15) is 17.6 Å². The van der Waals surface area contributed by atoms with Gasteiger partial charge in [-0.25, -0.2) is 12.8 Å². The highest BCUT2D eigenvalue weighted by atomic mass is 32.2. The van der Waals surface area contributed by atoms with Gasteiger partial charge in [0, 0.05) is 24.8 Å². The van der Waals surface area contributed by atoms with Crippen molar-refractivity contribution in [3.8, 4) is 0 Å². The quantitative estimate of drug-likeness (QED) is 0.781. The lowest BCUT2D eigenvalue weighted by Gasteiger charge is -2.18. The van der Waals surface area contributed by atoms with Crippen LogP contribution in [0.1, 0.15) is 35.0 Å². The number of sulfone groups is 1. The molecule has 1 saturated heterocycles. The largest absolute Gasteiger partial charge is 0.341 e. The number of rotatable bonds is 5. The molecule has 0 radical (unpaired) electrons. The summed E-state index contributed by atoms with van der Waals surface area (Å²) in [6.45, 7) is 4.11. The van der Waals surface area contributed by atoms with E-state index in [1.165, 1.54) is 6.07 Å². The topological polar surface area (TPSA) is 72.3 Å². The summed E-state index contributed by atoms with van der Waals surface area (Å²) in [6, 6.07) is 6.10. The van der Waals surface area contributed by atoms with E-state index in [2.05, 4.69) is 5.10 Å². The van der Waals surface area contributed by atoms with Gasteiger partial charge in [-0.2, -0.15) is 5.10 Å². The molecule has 1 aliphatic rings. The lowest BCUT2D eigenvalue weighted by Crippen LogP contribution is -2.28. The summed E-state index contributed by atoms with van der Waals surface area (Å²) in [5.74, 6) is -0.278. The van der Waals surface area contributed by atoms with Crippen LogP contribution >= 0.6 is 0 Å². The van der Waals surface area contributed by atoms with Gasteiger partial charge in [-0.1, -0.05) is 18.2 Å². The SMILES string of the molecule is Cc1nn([C@@H]2CCS(=O)(=O)C2)c(C)c1CN(C)C(=O)Cc1ccccc1F. The normalized spacial score (nSPS) is 18.6. The fourth-order valence-corrected chi connectivity index (χ4v) is 5.21. The van der Waals surface area contributed by atoms with Crippen LogP contribution in [0, 0.1) is 19.7 Å². The average Bonchev–Trinajstić information content (AvgIpc) is 3.10. The van der Waals surface area contributed by atoms with Crippen LogP contribution in [0.2, 0.25) is 0 Å². The molecule has 0 unspecified atom stereocenters. The smallest absolute Gasteiger partial charge is 0.227 e. The Bertz CT molecular complexity index is 969. The van der Waals surface area contributed by atoms with Gasteiger partial charge >= 0.3 is 0 Å². The second kappa shape index (κ2) is 7.42. The summed E-state index contributed by atoms with van der Waals surface area (Å²) in [6.07, 6.45) is 0.558. The minimum atomic E-state index is -3.00. The summed E-state index contributed by atoms with van der Waals surface area (Å²) in [4.78, 5) is 14.0. The number of aryl methyl sites for hydroxylation is 1. The first kappa shape index (κ1) is 19.5. The predicted molar refractivity (Wildman–Crippen MR) is 101 cm³/mol. The summed E-state index contributed by atoms with van der Waals surface area (Å²) in [5.41, 5.74) is 2.93. The first-order valence-electron chi connectivity index (χ1n) is 8.90. The maximum atomic E-state index is 13.8. The fourth-order valence-electron chi connectivity index (χ4n) is 3.51. The Kier molecular flexibility index (Phi) is 5.37. The molecule has 0 aliphatic carbocycles. The molecule has 2 heterocycles. The van der Waals surface area contributed by atoms with Crippen molar-refractivity contribution < 1.29 is 17.6 Å². The Morgan fingerprint density at radius 2 is 2.04 bits per heavy atom. The van der Waals surface area contributed by atoms with E-state index in [0.29, 0.717) is 18.5 Å². The number of amides is 1. The lowest BCUT2D eigenvalue weighted by atomic mass is 10.1. The van der Waals surface area contributed by atoms with Crippen LogP contribution in [-0.4, -0.2) is 47.6 Å². The van der Waals surface area contributed by atoms with Crippen molar-refractivity contribution in [3.63, 3.8) is 0 Å². The molecule has 0 bridgehead atoms. The molecule has 0 spiro atoms. The summed E-state index contributed by atoms with van der Waals surface area (Å²) in [5, 5.41) is 4.52. The van der Waals surface area contributed by atoms with Crippen molar-refractivity contribution in [1.82, 2.24) is 14.7 Å². The molecule has 0 saturated carbocycles. The number of carbonyl (C=O) groups excluding carboxylic acids is 1. The minimum Gasteiger partial charge on any atom is -0.341 e. The van der Waals surface area contributed by atoms with Gasteiger partial charge in [0.05, 0.1) is 29.7 Å². The third-order valence-electron chi connectivity index (χ3n) is 5.15. The van der Waals surface area contributed by atoms with Gasteiger partial charge < -0.3 is 4.90 Å². The van der Waals surface area contributed by atoms with Crippen molar-refractivity contribution in [2.45, 2.75) is 39.3 Å². The maximum absolute atomic E-state index is 13.8. The van der Waals surface area contributed by atoms with Crippen LogP contribution < -0.4 is 0 Å². The zero-order valence-electron chi connectivity index (χ0n) is 15.8. The van der Waals surface area contributed by atoms with Gasteiger partial charge in [-0.3, -0.25) is 9.48 Å². The van der Waals surface area contributed by atoms with E-state index < -0.39 is 9.84 Å².